The van der Waals surface area contributed by atoms with Gasteiger partial charge in [-0.15, -0.1) is 0 Å². The van der Waals surface area contributed by atoms with E-state index in [1.807, 2.05) is 0 Å². The lowest BCUT2D eigenvalue weighted by molar-refractivity contribution is -0.0673. The molecule has 136 heavy (non-hydrogen) atoms. The molecule has 0 saturated carbocycles. The number of anilines is 3. The van der Waals surface area contributed by atoms with Crippen LogP contribution in [0.25, 0.3) is 44.7 Å². The van der Waals surface area contributed by atoms with Gasteiger partial charge in [0.2, 0.25) is 23.3 Å². The van der Waals surface area contributed by atoms with E-state index in [2.05, 4.69) is 74.8 Å². The average molecular weight is 2110 g/mol. The number of aromatic nitrogens is 19. The summed E-state index contributed by atoms with van der Waals surface area (Å²) in [7, 11) is -8.86. The number of H-pyrrole nitrogens is 4. The van der Waals surface area contributed by atoms with Gasteiger partial charge in [-0.3, -0.25) is 107 Å². The fraction of sp³-hybridized carbons (Fsp3) is 0.516. The number of ether oxygens (including phenoxy) is 7. The van der Waals surface area contributed by atoms with Crippen LogP contribution < -0.4 is 39.3 Å². The van der Waals surface area contributed by atoms with Gasteiger partial charge in [0.15, 0.2) is 123 Å². The number of fused-ring (bicyclic) bond motifs is 15. The van der Waals surface area contributed by atoms with E-state index in [1.54, 1.807) is 0 Å². The van der Waals surface area contributed by atoms with Crippen LogP contribution in [-0.2, 0) is 144 Å². The molecule has 11 aliphatic heterocycles. The fourth-order valence-electron chi connectivity index (χ4n) is 16.4. The summed E-state index contributed by atoms with van der Waals surface area (Å²) in [5, 5.41) is 33.4. The molecule has 0 amide bonds. The number of phosphoric ester groups is 2. The van der Waals surface area contributed by atoms with Crippen molar-refractivity contribution >= 4 is 188 Å². The Bertz CT molecular complexity index is 6790. The molecule has 9 saturated heterocycles. The number of aromatic amines is 4. The Kier molecular flexibility index (Phi) is 26.3. The maximum absolute atomic E-state index is 16.0. The Morgan fingerprint density at radius 2 is 0.765 bits per heavy atom. The molecule has 6 bridgehead atoms. The number of nitrogens with one attached hydrogen (secondary N) is 4. The highest BCUT2D eigenvalue weighted by Crippen LogP contribution is 2.60. The van der Waals surface area contributed by atoms with Crippen LogP contribution in [0.4, 0.5) is 38.3 Å². The zero-order valence-corrected chi connectivity index (χ0v) is 76.9. The Morgan fingerprint density at radius 3 is 1.20 bits per heavy atom. The Hall–Kier alpha value is -8.23. The van der Waals surface area contributed by atoms with Gasteiger partial charge in [0.1, 0.15) is 103 Å². The minimum atomic E-state index is -5.06. The second kappa shape index (κ2) is 37.0. The lowest BCUT2D eigenvalue weighted by atomic mass is 10.1. The molecule has 21 heterocycles. The van der Waals surface area contributed by atoms with E-state index in [1.165, 1.54) is 90.8 Å². The lowest BCUT2D eigenvalue weighted by Gasteiger charge is -2.27. The third kappa shape index (κ3) is 18.7. The molecule has 0 spiro atoms. The van der Waals surface area contributed by atoms with Crippen molar-refractivity contribution in [2.45, 2.75) is 160 Å². The molecular formula is C64H72F2N24O36P6S4. The van der Waals surface area contributed by atoms with Gasteiger partial charge in [0.25, 0.3) is 16.7 Å². The predicted octanol–water partition coefficient (Wildman–Crippen LogP) is -2.11. The van der Waals surface area contributed by atoms with Crippen molar-refractivity contribution in [2.75, 3.05) is 64.0 Å². The molecule has 9 fully saturated rings. The van der Waals surface area contributed by atoms with E-state index in [0.717, 1.165) is 6.33 Å². The molecule has 732 valence electrons. The van der Waals surface area contributed by atoms with Crippen molar-refractivity contribution in [1.29, 1.82) is 0 Å². The zero-order chi connectivity index (χ0) is 96.2. The van der Waals surface area contributed by atoms with Crippen molar-refractivity contribution in [3.63, 3.8) is 0 Å². The number of alkyl halides is 2. The van der Waals surface area contributed by atoms with Crippen LogP contribution in [0.3, 0.4) is 0 Å². The van der Waals surface area contributed by atoms with Crippen LogP contribution in [0.15, 0.2) is 79.4 Å². The number of nitrogens with two attached hydrogens (primary N) is 3. The number of hydrogen-bond donors (Lipinski definition) is 16. The molecule has 0 radical (unpaired) electrons. The number of aliphatic hydroxyl groups is 3. The Morgan fingerprint density at radius 1 is 0.419 bits per heavy atom. The van der Waals surface area contributed by atoms with Crippen LogP contribution in [0.2, 0.25) is 0 Å². The number of hydrogen-bond acceptors (Lipinski definition) is 48. The standard InChI is InChI=1S/C22H26N8O14P2.2C21H23FN8O11P2S2/c1-38-15-10-5-40-45(34,35)43-14-9(41-20(13(14)32)29-6-25-11-8(31)2-3-24-17(11)29)4-39-46(36,37)44-16(15)21(42-10)30-7-26-12-18(30)27-22(23)28-19(12)33;2*22-10-14-9(39-19(10)29-5-25-11-7(31)1-2-24-16(11)29)4-37-43(35,45)41-15-13(32)8(3-36-42(34,44)40-14)38-20(15)30-6-26-12-17(30)27-21(23)28-18(12)33/h2-3,6-7,9-10,13-16,20-21,32H,4-5H2,1H3,(H,24,31)(H,34,35)(H,36,37)(H3,23,27,28,33);2*2,5-6,8-10,13-15,19-20,32H,1,3-4H2,(H,34,44)(H,35,45)(H3,23,27,28,33)/t9-,10-,13-,14-,15-,16-,20-,21-;2*8-,9-,10+,13-,14-,15-,19-,20-,42?,43?/m111/s1. The normalized spacial score (nSPS) is 38.2. The van der Waals surface area contributed by atoms with Crippen LogP contribution >= 0.6 is 42.5 Å². The Labute approximate surface area is 772 Å². The first-order valence-electron chi connectivity index (χ1n) is 39.7. The number of halogens is 2. The number of imidazole rings is 6. The molecule has 60 nitrogen and oxygen atoms in total. The second-order valence-electron chi connectivity index (χ2n) is 31.0. The number of methoxy groups -OCH3 is 1. The number of nitrogen functional groups attached to an aromatic ring is 3. The highest BCUT2D eigenvalue weighted by atomic mass is 32.5. The number of ketones is 2. The van der Waals surface area contributed by atoms with Gasteiger partial charge in [-0.25, -0.2) is 57.8 Å². The molecule has 21 rings (SSSR count). The molecular weight excluding hydrogens is 2030 g/mol. The molecule has 11 aliphatic rings. The molecule has 0 aliphatic carbocycles. The molecule has 6 unspecified atom stereocenters. The number of aliphatic hydroxyl groups excluding tert-OH is 3. The van der Waals surface area contributed by atoms with Crippen LogP contribution in [0.1, 0.15) is 71.2 Å². The van der Waals surface area contributed by atoms with Gasteiger partial charge in [-0.05, 0) is 47.2 Å². The predicted molar refractivity (Wildman–Crippen MR) is 459 cm³/mol. The summed E-state index contributed by atoms with van der Waals surface area (Å²) in [4.78, 5) is 193. The summed E-state index contributed by atoms with van der Waals surface area (Å²) in [5.74, 6) is -1.24. The van der Waals surface area contributed by atoms with Gasteiger partial charge in [-0.1, -0.05) is 0 Å². The van der Waals surface area contributed by atoms with Gasteiger partial charge < -0.3 is 118 Å². The van der Waals surface area contributed by atoms with Gasteiger partial charge in [0, 0.05) is 44.6 Å². The molecule has 19 N–H and O–H groups in total. The van der Waals surface area contributed by atoms with Crippen molar-refractivity contribution in [1.82, 2.24) is 92.2 Å². The maximum atomic E-state index is 16.0. The van der Waals surface area contributed by atoms with Gasteiger partial charge in [-0.2, -0.15) is 15.0 Å². The third-order valence-electron chi connectivity index (χ3n) is 22.5. The fourth-order valence-corrected chi connectivity index (χ4v) is 24.0. The summed E-state index contributed by atoms with van der Waals surface area (Å²) in [6, 6.07) is 1.24. The largest absolute Gasteiger partial charge is 0.472 e. The number of rotatable bonds is 7. The minimum Gasteiger partial charge on any atom is -0.387 e. The molecule has 30 atom stereocenters. The highest BCUT2D eigenvalue weighted by Gasteiger charge is 2.59. The van der Waals surface area contributed by atoms with Crippen LogP contribution in [0.5, 0.6) is 0 Å². The summed E-state index contributed by atoms with van der Waals surface area (Å²) >= 11 is 20.7. The number of Topliss-reactive ketones (excluding diaryl/α,β-unsaturated/α-hetero) is 2. The first-order valence-corrected chi connectivity index (χ1v) is 53.0. The molecule has 72 heteroatoms. The number of aliphatic imine (C=N–C) groups is 2. The van der Waals surface area contributed by atoms with Crippen molar-refractivity contribution in [2.24, 2.45) is 9.98 Å². The SMILES string of the molecule is CO[C@H]1[C@H]2OP(=O)(O)OC[C@H]3O[C@@H](n4cnc5c(=O)cc[nH]c54)[C@H](O)[C@@H]3OP(=O)(O)OC[C@H]1O[C@H]2n1cnc2c(=O)[nH]c(N)nc21.Nc1nc2c(ncn2[C@@H]2O[C@@H]3COP(O)(=S)O[C@H]4[C@H](F)[C@H](n5cnc6c5N=CCC6=O)O[C@@H]4COP(O)(=S)O[C@@H]2[C@@H]3O)c(=O)[nH]1.Nc1nc2c(ncn2[C@@H]2O[C@@H]3COP(O)(=S)O[C@H]4[C@H](F)[C@H](n5cnc6c5N=CCC6=O)O[C@@H]4COP(O)(=S)O[C@@H]2[C@@H]3O)c(=O)[nH]1. The minimum absolute atomic E-state index is 0.0212. The molecule has 10 aromatic heterocycles. The molecule has 10 aromatic rings. The third-order valence-corrected chi connectivity index (χ3v) is 30.7. The van der Waals surface area contributed by atoms with E-state index in [0.29, 0.717) is 0 Å². The summed E-state index contributed by atoms with van der Waals surface area (Å²) < 4.78 is 172. The Balaban J connectivity index is 0.000000131. The highest BCUT2D eigenvalue weighted by molar-refractivity contribution is 8.08. The average Bonchev–Trinajstić information content (AvgIpc) is 1.60. The van der Waals surface area contributed by atoms with Crippen molar-refractivity contribution in [3.8, 4) is 0 Å². The van der Waals surface area contributed by atoms with Crippen LogP contribution in [0, 0.1) is 0 Å². The summed E-state index contributed by atoms with van der Waals surface area (Å²) in [6.07, 6.45) is -24.6. The first-order chi connectivity index (χ1) is 64.5. The zero-order valence-electron chi connectivity index (χ0n) is 68.2. The van der Waals surface area contributed by atoms with E-state index >= 15 is 8.78 Å². The summed E-state index contributed by atoms with van der Waals surface area (Å²) in [6.45, 7) is -21.1. The monoisotopic (exact) mass is 2100 g/mol. The lowest BCUT2D eigenvalue weighted by Crippen LogP contribution is -2.37. The number of phosphoric acid groups is 2. The second-order valence-corrected chi connectivity index (χ2v) is 45.0. The van der Waals surface area contributed by atoms with E-state index in [4.69, 9.17) is 152 Å². The van der Waals surface area contributed by atoms with Crippen molar-refractivity contribution in [3.05, 3.63) is 103 Å². The van der Waals surface area contributed by atoms with Gasteiger partial charge in [0.05, 0.1) is 77.6 Å². The van der Waals surface area contributed by atoms with E-state index < -0.39 is 252 Å². The van der Waals surface area contributed by atoms with E-state index in [9.17, 15) is 82.6 Å². The number of pyridine rings is 1. The quantitative estimate of drug-likeness (QED) is 0.0760. The van der Waals surface area contributed by atoms with Gasteiger partial charge >= 0.3 is 42.5 Å². The number of carbonyl (C=O) groups excluding carboxylic acids is 2. The first kappa shape index (κ1) is 96.6. The maximum Gasteiger partial charge on any atom is 0.472 e. The topological polar surface area (TPSA) is 806 Å². The summed E-state index contributed by atoms with van der Waals surface area (Å²) in [5.41, 5.74) is 14.4. The van der Waals surface area contributed by atoms with E-state index in [-0.39, 0.29) is 110 Å². The smallest absolute Gasteiger partial charge is 0.387 e. The number of carbonyl (C=O) groups is 2. The van der Waals surface area contributed by atoms with Crippen molar-refractivity contribution < 1.29 is 160 Å². The molecule has 0 aromatic carbocycles. The van der Waals surface area contributed by atoms with Crippen LogP contribution in [-0.4, -0.2) is 318 Å². The number of nitrogens with zero attached hydrogens (tertiary/aromatic N) is 17.